The summed E-state index contributed by atoms with van der Waals surface area (Å²) in [4.78, 5) is 50.0. The fourth-order valence-electron chi connectivity index (χ4n) is 3.32. The van der Waals surface area contributed by atoms with E-state index in [2.05, 4.69) is 20.8 Å². The number of carboxylic acids is 2. The number of tetrazole rings is 1. The molecule has 0 spiro atoms. The van der Waals surface area contributed by atoms with Crippen LogP contribution >= 0.6 is 34.9 Å². The first-order chi connectivity index (χ1) is 15.3. The number of thiophene rings is 1. The monoisotopic (exact) mass is 517 g/mol. The number of aliphatic carboxylic acids is 2. The van der Waals surface area contributed by atoms with Crippen LogP contribution in [0, 0.1) is 0 Å². The number of β-lactam (4-membered cyclic amide) rings is 1. The van der Waals surface area contributed by atoms with Gasteiger partial charge in [-0.3, -0.25) is 14.5 Å². The van der Waals surface area contributed by atoms with E-state index < -0.39 is 41.1 Å². The first-order valence-corrected chi connectivity index (χ1v) is 12.0. The van der Waals surface area contributed by atoms with Crippen LogP contribution in [0.3, 0.4) is 0 Å². The third-order valence-corrected chi connectivity index (χ3v) is 8.19. The second-order valence-corrected chi connectivity index (χ2v) is 9.80. The molecule has 4 rings (SSSR count). The van der Waals surface area contributed by atoms with E-state index in [1.165, 1.54) is 34.3 Å². The van der Waals surface area contributed by atoms with E-state index in [0.717, 1.165) is 16.2 Å². The Morgan fingerprint density at radius 3 is 2.70 bits per heavy atom. The molecule has 0 aliphatic carbocycles. The molecule has 0 saturated carbocycles. The fourth-order valence-corrected chi connectivity index (χ4v) is 6.47. The van der Waals surface area contributed by atoms with Crippen LogP contribution in [0.25, 0.3) is 0 Å². The number of aryl methyl sites for hydroxylation is 1. The maximum absolute atomic E-state index is 12.7. The van der Waals surface area contributed by atoms with Crippen molar-refractivity contribution in [1.82, 2.24) is 30.4 Å². The quantitative estimate of drug-likeness (QED) is 0.153. The Kier molecular flexibility index (Phi) is 8.23. The largest absolute Gasteiger partial charge is 1.00 e. The molecule has 33 heavy (non-hydrogen) atoms. The number of carboxylic acid groups (broad SMARTS) is 2. The van der Waals surface area contributed by atoms with Gasteiger partial charge in [0.25, 0.3) is 5.91 Å². The predicted molar refractivity (Wildman–Crippen MR) is 109 cm³/mol. The Bertz CT molecular complexity index is 1120. The summed E-state index contributed by atoms with van der Waals surface area (Å²) in [5.41, 5.74) is 0.213. The Morgan fingerprint density at radius 1 is 1.36 bits per heavy atom. The minimum atomic E-state index is -1.59. The molecule has 0 bridgehead atoms. The zero-order valence-corrected chi connectivity index (χ0v) is 21.7. The van der Waals surface area contributed by atoms with Crippen molar-refractivity contribution >= 4 is 58.6 Å². The van der Waals surface area contributed by atoms with Gasteiger partial charge >= 0.3 is 29.6 Å². The van der Waals surface area contributed by atoms with E-state index in [1.54, 1.807) is 18.5 Å². The van der Waals surface area contributed by atoms with Gasteiger partial charge in [-0.1, -0.05) is 17.8 Å². The first-order valence-electron chi connectivity index (χ1n) is 9.07. The van der Waals surface area contributed by atoms with E-state index in [9.17, 15) is 29.4 Å². The molecular weight excluding hydrogens is 503 g/mol. The molecule has 1 N–H and O–H groups in total. The summed E-state index contributed by atoms with van der Waals surface area (Å²) >= 11 is 3.56. The van der Waals surface area contributed by atoms with Crippen LogP contribution in [0.2, 0.25) is 0 Å². The topological polar surface area (TPSA) is 173 Å². The standard InChI is InChI=1S/C17H16N6O6S3.Na/c1-22-17(19-20-21-22)32-6-7-5-31-14-10(13(25)23(14)11(7)16(28)29)18-12(24)9(15(26)27)8-3-2-4-30-8;/h2-4,9-10,14H,5-6H2,1H3,(H,18,24)(H,26,27)(H,28,29);/q;+1/p-2. The third-order valence-electron chi connectivity index (χ3n) is 4.82. The minimum Gasteiger partial charge on any atom is -0.549 e. The number of fused-ring (bicyclic) bond motifs is 1. The van der Waals surface area contributed by atoms with Crippen LogP contribution in [-0.2, 0) is 26.2 Å². The number of hydrogen-bond acceptors (Lipinski definition) is 12. The van der Waals surface area contributed by atoms with Gasteiger partial charge in [-0.05, 0) is 27.4 Å². The molecule has 12 nitrogen and oxygen atoms in total. The number of amides is 2. The molecule has 3 atom stereocenters. The Hall–Kier alpha value is -1.91. The van der Waals surface area contributed by atoms with Crippen molar-refractivity contribution in [2.45, 2.75) is 22.5 Å². The number of aromatic nitrogens is 4. The van der Waals surface area contributed by atoms with Crippen molar-refractivity contribution < 1.29 is 58.9 Å². The molecule has 2 aromatic rings. The summed E-state index contributed by atoms with van der Waals surface area (Å²) in [6, 6.07) is 2.03. The fraction of sp³-hybridized carbons (Fsp3) is 0.353. The van der Waals surface area contributed by atoms with Gasteiger partial charge in [0.15, 0.2) is 0 Å². The molecule has 2 amide bonds. The molecule has 3 unspecified atom stereocenters. The predicted octanol–water partition coefficient (Wildman–Crippen LogP) is -5.69. The number of nitrogens with zero attached hydrogens (tertiary/aromatic N) is 5. The van der Waals surface area contributed by atoms with Crippen LogP contribution in [0.5, 0.6) is 0 Å². The average Bonchev–Trinajstić information content (AvgIpc) is 3.41. The van der Waals surface area contributed by atoms with Crippen molar-refractivity contribution in [2.24, 2.45) is 7.05 Å². The van der Waals surface area contributed by atoms with Crippen LogP contribution < -0.4 is 45.1 Å². The van der Waals surface area contributed by atoms with Gasteiger partial charge in [-0.25, -0.2) is 4.68 Å². The van der Waals surface area contributed by atoms with Gasteiger partial charge in [-0.2, -0.15) is 0 Å². The normalized spacial score (nSPS) is 20.4. The second-order valence-electron chi connectivity index (χ2n) is 6.78. The summed E-state index contributed by atoms with van der Waals surface area (Å²) in [6.45, 7) is 0. The minimum absolute atomic E-state index is 0. The molecule has 1 saturated heterocycles. The van der Waals surface area contributed by atoms with Gasteiger partial charge in [0.05, 0.1) is 17.6 Å². The van der Waals surface area contributed by atoms with Crippen molar-refractivity contribution in [3.05, 3.63) is 33.7 Å². The summed E-state index contributed by atoms with van der Waals surface area (Å²) in [5, 5.41) is 38.2. The number of carbonyl (C=O) groups excluding carboxylic acids is 4. The third kappa shape index (κ3) is 4.97. The van der Waals surface area contributed by atoms with Gasteiger partial charge in [0, 0.05) is 23.4 Å². The van der Waals surface area contributed by atoms with Crippen molar-refractivity contribution in [3.8, 4) is 0 Å². The summed E-state index contributed by atoms with van der Waals surface area (Å²) < 4.78 is 1.43. The summed E-state index contributed by atoms with van der Waals surface area (Å²) in [7, 11) is 1.64. The Balaban J connectivity index is 0.00000306. The van der Waals surface area contributed by atoms with Crippen LogP contribution in [0.4, 0.5) is 0 Å². The molecular formula is C17H14N6NaO6S3-. The molecule has 2 aliphatic heterocycles. The second kappa shape index (κ2) is 10.6. The van der Waals surface area contributed by atoms with Crippen molar-refractivity contribution in [3.63, 3.8) is 0 Å². The molecule has 0 aromatic carbocycles. The van der Waals surface area contributed by atoms with Gasteiger partial charge in [-0.15, -0.1) is 28.2 Å². The Morgan fingerprint density at radius 2 is 2.12 bits per heavy atom. The van der Waals surface area contributed by atoms with Crippen LogP contribution in [0.15, 0.2) is 33.9 Å². The van der Waals surface area contributed by atoms with Crippen LogP contribution in [-0.4, -0.2) is 71.8 Å². The molecule has 16 heteroatoms. The maximum atomic E-state index is 12.7. The molecule has 4 heterocycles. The number of hydrogen-bond donors (Lipinski definition) is 1. The maximum Gasteiger partial charge on any atom is 1.00 e. The molecule has 2 aliphatic rings. The van der Waals surface area contributed by atoms with Gasteiger partial charge in [0.2, 0.25) is 11.1 Å². The molecule has 2 aromatic heterocycles. The molecule has 1 fully saturated rings. The van der Waals surface area contributed by atoms with E-state index in [1.807, 2.05) is 0 Å². The zero-order chi connectivity index (χ0) is 23.0. The van der Waals surface area contributed by atoms with E-state index in [-0.39, 0.29) is 51.6 Å². The summed E-state index contributed by atoms with van der Waals surface area (Å²) in [6.07, 6.45) is 0. The number of nitrogens with one attached hydrogen (secondary N) is 1. The number of carbonyl (C=O) groups is 4. The number of thioether (sulfide) groups is 2. The summed E-state index contributed by atoms with van der Waals surface area (Å²) in [5.74, 6) is -5.69. The first kappa shape index (κ1) is 25.7. The molecule has 168 valence electrons. The van der Waals surface area contributed by atoms with E-state index >= 15 is 0 Å². The SMILES string of the molecule is Cn1nnnc1SCC1=C(C(=O)[O-])N2C(=O)C(NC(=O)C(C(=O)[O-])c3cccs3)C2SC1.[Na+]. The van der Waals surface area contributed by atoms with E-state index in [0.29, 0.717) is 10.7 Å². The average molecular weight is 518 g/mol. The van der Waals surface area contributed by atoms with Crippen LogP contribution in [0.1, 0.15) is 10.8 Å². The molecule has 0 radical (unpaired) electrons. The van der Waals surface area contributed by atoms with Gasteiger partial charge in [0.1, 0.15) is 17.3 Å². The zero-order valence-electron chi connectivity index (χ0n) is 17.3. The van der Waals surface area contributed by atoms with Crippen molar-refractivity contribution in [2.75, 3.05) is 11.5 Å². The van der Waals surface area contributed by atoms with Gasteiger partial charge < -0.3 is 25.1 Å². The smallest absolute Gasteiger partial charge is 0.549 e. The Labute approximate surface area is 221 Å². The van der Waals surface area contributed by atoms with Crippen molar-refractivity contribution in [1.29, 1.82) is 0 Å². The van der Waals surface area contributed by atoms with E-state index in [4.69, 9.17) is 0 Å². The number of rotatable bonds is 8.